The van der Waals surface area contributed by atoms with Crippen LogP contribution in [0.2, 0.25) is 5.02 Å². The van der Waals surface area contributed by atoms with E-state index in [1.165, 1.54) is 11.8 Å². The van der Waals surface area contributed by atoms with E-state index in [0.717, 1.165) is 0 Å². The van der Waals surface area contributed by atoms with Crippen LogP contribution in [0.3, 0.4) is 0 Å². The van der Waals surface area contributed by atoms with Crippen LogP contribution in [0.25, 0.3) is 0 Å². The van der Waals surface area contributed by atoms with Gasteiger partial charge in [-0.3, -0.25) is 4.79 Å². The number of hydrogen-bond donors (Lipinski definition) is 0. The molecule has 0 saturated carbocycles. The van der Waals surface area contributed by atoms with Gasteiger partial charge < -0.3 is 14.0 Å². The summed E-state index contributed by atoms with van der Waals surface area (Å²) >= 11 is 7.24. The first-order chi connectivity index (χ1) is 12.1. The summed E-state index contributed by atoms with van der Waals surface area (Å²) in [5, 5.41) is 9.47. The molecule has 0 amide bonds. The molecule has 0 N–H and O–H groups in total. The fourth-order valence-electron chi connectivity index (χ4n) is 2.17. The van der Waals surface area contributed by atoms with E-state index in [0.29, 0.717) is 47.9 Å². The van der Waals surface area contributed by atoms with Gasteiger partial charge in [0, 0.05) is 11.6 Å². The molecule has 8 heteroatoms. The number of benzene rings is 1. The second-order valence-electron chi connectivity index (χ2n) is 5.15. The Labute approximate surface area is 156 Å². The Morgan fingerprint density at radius 1 is 1.24 bits per heavy atom. The van der Waals surface area contributed by atoms with Gasteiger partial charge in [-0.15, -0.1) is 10.2 Å². The third-order valence-electron chi connectivity index (χ3n) is 3.46. The molecule has 2 aromatic rings. The number of halogens is 1. The highest BCUT2D eigenvalue weighted by atomic mass is 35.5. The SMILES string of the molecule is CCOC(=O)[C@@H](CC)Sc1nnc(COc2ccc(Cl)cc2)n1CC. The number of nitrogens with zero attached hydrogens (tertiary/aromatic N) is 3. The van der Waals surface area contributed by atoms with Gasteiger partial charge in [-0.25, -0.2) is 0 Å². The van der Waals surface area contributed by atoms with Gasteiger partial charge in [0.1, 0.15) is 17.6 Å². The first kappa shape index (κ1) is 19.6. The quantitative estimate of drug-likeness (QED) is 0.482. The monoisotopic (exact) mass is 383 g/mol. The number of hydrogen-bond acceptors (Lipinski definition) is 6. The van der Waals surface area contributed by atoms with E-state index in [2.05, 4.69) is 10.2 Å². The van der Waals surface area contributed by atoms with Crippen LogP contribution in [0, 0.1) is 0 Å². The Hall–Kier alpha value is -1.73. The van der Waals surface area contributed by atoms with Crippen molar-refractivity contribution in [3.63, 3.8) is 0 Å². The lowest BCUT2D eigenvalue weighted by Gasteiger charge is -2.13. The molecule has 6 nitrogen and oxygen atoms in total. The van der Waals surface area contributed by atoms with E-state index >= 15 is 0 Å². The number of esters is 1. The van der Waals surface area contributed by atoms with Gasteiger partial charge in [0.25, 0.3) is 0 Å². The lowest BCUT2D eigenvalue weighted by atomic mass is 10.3. The van der Waals surface area contributed by atoms with E-state index in [4.69, 9.17) is 21.1 Å². The number of carbonyl (C=O) groups is 1. The fourth-order valence-corrected chi connectivity index (χ4v) is 3.33. The van der Waals surface area contributed by atoms with Crippen LogP contribution in [-0.2, 0) is 22.7 Å². The average Bonchev–Trinajstić information content (AvgIpc) is 3.00. The number of ether oxygens (including phenoxy) is 2. The molecule has 0 aliphatic rings. The number of carbonyl (C=O) groups excluding carboxylic acids is 1. The Bertz CT molecular complexity index is 691. The van der Waals surface area contributed by atoms with E-state index in [1.807, 2.05) is 18.4 Å². The van der Waals surface area contributed by atoms with Crippen molar-refractivity contribution in [2.24, 2.45) is 0 Å². The number of aromatic nitrogens is 3. The molecule has 1 aromatic carbocycles. The van der Waals surface area contributed by atoms with Gasteiger partial charge in [0.15, 0.2) is 11.0 Å². The molecule has 0 unspecified atom stereocenters. The van der Waals surface area contributed by atoms with Crippen LogP contribution in [-0.4, -0.2) is 32.6 Å². The van der Waals surface area contributed by atoms with Crippen molar-refractivity contribution >= 4 is 29.3 Å². The smallest absolute Gasteiger partial charge is 0.319 e. The Kier molecular flexibility index (Phi) is 7.58. The highest BCUT2D eigenvalue weighted by molar-refractivity contribution is 8.00. The van der Waals surface area contributed by atoms with Crippen LogP contribution in [0.4, 0.5) is 0 Å². The highest BCUT2D eigenvalue weighted by Crippen LogP contribution is 2.26. The van der Waals surface area contributed by atoms with E-state index in [9.17, 15) is 4.79 Å². The molecular formula is C17H22ClN3O3S. The van der Waals surface area contributed by atoms with E-state index < -0.39 is 0 Å². The topological polar surface area (TPSA) is 66.2 Å². The maximum atomic E-state index is 12.0. The Morgan fingerprint density at radius 3 is 2.56 bits per heavy atom. The molecule has 0 aliphatic carbocycles. The fraction of sp³-hybridized carbons (Fsp3) is 0.471. The maximum absolute atomic E-state index is 12.0. The van der Waals surface area contributed by atoms with Crippen molar-refractivity contribution < 1.29 is 14.3 Å². The number of rotatable bonds is 9. The van der Waals surface area contributed by atoms with Gasteiger partial charge in [-0.2, -0.15) is 0 Å². The van der Waals surface area contributed by atoms with Crippen molar-refractivity contribution in [1.29, 1.82) is 0 Å². The zero-order valence-electron chi connectivity index (χ0n) is 14.6. The molecule has 0 bridgehead atoms. The molecule has 136 valence electrons. The summed E-state index contributed by atoms with van der Waals surface area (Å²) in [5.74, 6) is 1.19. The van der Waals surface area contributed by atoms with Gasteiger partial charge in [0.05, 0.1) is 6.61 Å². The minimum absolute atomic E-state index is 0.223. The lowest BCUT2D eigenvalue weighted by molar-refractivity contribution is -0.142. The van der Waals surface area contributed by atoms with Gasteiger partial charge in [0.2, 0.25) is 0 Å². The molecule has 0 fully saturated rings. The molecule has 1 aromatic heterocycles. The van der Waals surface area contributed by atoms with Crippen molar-refractivity contribution in [2.75, 3.05) is 6.61 Å². The summed E-state index contributed by atoms with van der Waals surface area (Å²) in [6.45, 7) is 7.11. The molecule has 1 heterocycles. The average molecular weight is 384 g/mol. The second-order valence-corrected chi connectivity index (χ2v) is 6.76. The van der Waals surface area contributed by atoms with Crippen molar-refractivity contribution in [2.45, 2.75) is 50.8 Å². The highest BCUT2D eigenvalue weighted by Gasteiger charge is 2.23. The summed E-state index contributed by atoms with van der Waals surface area (Å²) < 4.78 is 12.8. The molecule has 0 radical (unpaired) electrons. The summed E-state index contributed by atoms with van der Waals surface area (Å²) in [7, 11) is 0. The largest absolute Gasteiger partial charge is 0.486 e. The first-order valence-corrected chi connectivity index (χ1v) is 9.48. The third kappa shape index (κ3) is 5.37. The first-order valence-electron chi connectivity index (χ1n) is 8.22. The normalized spacial score (nSPS) is 12.0. The maximum Gasteiger partial charge on any atom is 0.319 e. The van der Waals surface area contributed by atoms with Gasteiger partial charge >= 0.3 is 5.97 Å². The molecule has 1 atom stereocenters. The molecular weight excluding hydrogens is 362 g/mol. The predicted molar refractivity (Wildman–Crippen MR) is 98.0 cm³/mol. The Balaban J connectivity index is 2.06. The molecule has 2 rings (SSSR count). The molecule has 0 saturated heterocycles. The molecule has 0 aliphatic heterocycles. The van der Waals surface area contributed by atoms with Gasteiger partial charge in [-0.05, 0) is 44.5 Å². The van der Waals surface area contributed by atoms with Crippen molar-refractivity contribution in [1.82, 2.24) is 14.8 Å². The third-order valence-corrected chi connectivity index (χ3v) is 5.03. The minimum Gasteiger partial charge on any atom is -0.486 e. The van der Waals surface area contributed by atoms with Crippen LogP contribution in [0.1, 0.15) is 33.0 Å². The van der Waals surface area contributed by atoms with Crippen molar-refractivity contribution in [3.05, 3.63) is 35.1 Å². The summed E-state index contributed by atoms with van der Waals surface area (Å²) in [4.78, 5) is 12.0. The van der Waals surface area contributed by atoms with Crippen LogP contribution < -0.4 is 4.74 Å². The van der Waals surface area contributed by atoms with E-state index in [1.54, 1.807) is 31.2 Å². The lowest BCUT2D eigenvalue weighted by Crippen LogP contribution is -2.20. The molecule has 0 spiro atoms. The van der Waals surface area contributed by atoms with E-state index in [-0.39, 0.29) is 11.2 Å². The minimum atomic E-state index is -0.292. The van der Waals surface area contributed by atoms with Gasteiger partial charge in [-0.1, -0.05) is 30.3 Å². The molecule has 25 heavy (non-hydrogen) atoms. The van der Waals surface area contributed by atoms with Crippen LogP contribution in [0.5, 0.6) is 5.75 Å². The van der Waals surface area contributed by atoms with Crippen molar-refractivity contribution in [3.8, 4) is 5.75 Å². The standard InChI is InChI=1S/C17H22ClN3O3S/c1-4-14(16(22)23-6-3)25-17-20-19-15(21(17)5-2)11-24-13-9-7-12(18)8-10-13/h7-10,14H,4-6,11H2,1-3H3/t14-/m1/s1. The zero-order valence-corrected chi connectivity index (χ0v) is 16.1. The Morgan fingerprint density at radius 2 is 1.96 bits per heavy atom. The predicted octanol–water partition coefficient (Wildman–Crippen LogP) is 3.96. The summed E-state index contributed by atoms with van der Waals surface area (Å²) in [6.07, 6.45) is 0.663. The second kappa shape index (κ2) is 9.68. The number of thioether (sulfide) groups is 1. The van der Waals surface area contributed by atoms with Crippen LogP contribution in [0.15, 0.2) is 29.4 Å². The summed E-state index contributed by atoms with van der Waals surface area (Å²) in [6, 6.07) is 7.15. The van der Waals surface area contributed by atoms with Crippen LogP contribution >= 0.6 is 23.4 Å². The summed E-state index contributed by atoms with van der Waals surface area (Å²) in [5.41, 5.74) is 0. The zero-order chi connectivity index (χ0) is 18.2.